The average Bonchev–Trinajstić information content (AvgIpc) is 3.53. The summed E-state index contributed by atoms with van der Waals surface area (Å²) in [7, 11) is 0. The summed E-state index contributed by atoms with van der Waals surface area (Å²) in [5.41, 5.74) is 3.18. The van der Waals surface area contributed by atoms with Gasteiger partial charge in [-0.15, -0.1) is 23.1 Å². The molecule has 4 aromatic carbocycles. The van der Waals surface area contributed by atoms with Crippen molar-refractivity contribution in [3.63, 3.8) is 0 Å². The van der Waals surface area contributed by atoms with Crippen LogP contribution in [0.3, 0.4) is 0 Å². The standard InChI is InChI=1S/C35H29ClN4O4S2/c1-2-44-26-17-15-23(16-18-26)19-30(38-33(42)24-9-4-3-5-10-24)34(43)37-25-11-8-12-27(20-25)45-22-32(41)40-35-39-31(21-46-35)28-13-6-7-14-29(28)36/h3-21H,2,22H2,1H3,(H,37,43)(H,38,42)(H,39,40,41)/b30-19+. The third-order valence-electron chi connectivity index (χ3n) is 6.39. The van der Waals surface area contributed by atoms with Gasteiger partial charge in [-0.25, -0.2) is 4.98 Å². The van der Waals surface area contributed by atoms with Crippen LogP contribution in [0.15, 0.2) is 119 Å². The van der Waals surface area contributed by atoms with Crippen LogP contribution in [0.5, 0.6) is 5.75 Å². The zero-order chi connectivity index (χ0) is 32.3. The first-order valence-electron chi connectivity index (χ1n) is 14.2. The number of halogens is 1. The van der Waals surface area contributed by atoms with E-state index in [-0.39, 0.29) is 17.4 Å². The predicted molar refractivity (Wildman–Crippen MR) is 186 cm³/mol. The number of carbonyl (C=O) groups excluding carboxylic acids is 3. The topological polar surface area (TPSA) is 109 Å². The lowest BCUT2D eigenvalue weighted by molar-refractivity contribution is -0.114. The van der Waals surface area contributed by atoms with E-state index in [1.54, 1.807) is 78.9 Å². The largest absolute Gasteiger partial charge is 0.494 e. The van der Waals surface area contributed by atoms with Gasteiger partial charge < -0.3 is 20.7 Å². The maximum Gasteiger partial charge on any atom is 0.272 e. The first-order valence-corrected chi connectivity index (χ1v) is 16.5. The van der Waals surface area contributed by atoms with Gasteiger partial charge in [0.05, 0.1) is 18.1 Å². The van der Waals surface area contributed by atoms with Gasteiger partial charge >= 0.3 is 0 Å². The van der Waals surface area contributed by atoms with Crippen LogP contribution in [0.2, 0.25) is 5.02 Å². The monoisotopic (exact) mass is 668 g/mol. The molecule has 3 amide bonds. The minimum Gasteiger partial charge on any atom is -0.494 e. The summed E-state index contributed by atoms with van der Waals surface area (Å²) in [5.74, 6) is -0.299. The number of thioether (sulfide) groups is 1. The van der Waals surface area contributed by atoms with Crippen molar-refractivity contribution in [2.75, 3.05) is 23.0 Å². The number of ether oxygens (including phenoxy) is 1. The quantitative estimate of drug-likeness (QED) is 0.0918. The molecule has 5 aromatic rings. The second-order valence-corrected chi connectivity index (χ2v) is 12.0. The van der Waals surface area contributed by atoms with Gasteiger partial charge in [-0.05, 0) is 67.1 Å². The molecule has 0 atom stereocenters. The van der Waals surface area contributed by atoms with E-state index in [1.165, 1.54) is 23.1 Å². The fraction of sp³-hybridized carbons (Fsp3) is 0.0857. The molecule has 46 heavy (non-hydrogen) atoms. The number of amides is 3. The van der Waals surface area contributed by atoms with E-state index in [4.69, 9.17) is 16.3 Å². The molecule has 232 valence electrons. The zero-order valence-electron chi connectivity index (χ0n) is 24.7. The number of benzene rings is 4. The van der Waals surface area contributed by atoms with E-state index in [0.29, 0.717) is 45.0 Å². The van der Waals surface area contributed by atoms with Crippen molar-refractivity contribution in [3.8, 4) is 17.0 Å². The van der Waals surface area contributed by atoms with Gasteiger partial charge in [0, 0.05) is 32.1 Å². The summed E-state index contributed by atoms with van der Waals surface area (Å²) in [6.07, 6.45) is 1.60. The van der Waals surface area contributed by atoms with Gasteiger partial charge in [0.2, 0.25) is 5.91 Å². The van der Waals surface area contributed by atoms with Crippen molar-refractivity contribution in [2.45, 2.75) is 11.8 Å². The normalized spacial score (nSPS) is 11.0. The fourth-order valence-corrected chi connectivity index (χ4v) is 5.94. The van der Waals surface area contributed by atoms with E-state index < -0.39 is 11.8 Å². The van der Waals surface area contributed by atoms with Gasteiger partial charge in [0.15, 0.2) is 5.13 Å². The van der Waals surface area contributed by atoms with Crippen molar-refractivity contribution >= 4 is 69.3 Å². The molecule has 5 rings (SSSR count). The van der Waals surface area contributed by atoms with Gasteiger partial charge in [-0.3, -0.25) is 14.4 Å². The second kappa shape index (κ2) is 15.9. The summed E-state index contributed by atoms with van der Waals surface area (Å²) >= 11 is 8.91. The number of nitrogens with zero attached hydrogens (tertiary/aromatic N) is 1. The lowest BCUT2D eigenvalue weighted by Gasteiger charge is -2.12. The number of hydrogen-bond donors (Lipinski definition) is 3. The van der Waals surface area contributed by atoms with Gasteiger partial charge in [0.1, 0.15) is 11.4 Å². The molecule has 0 aliphatic carbocycles. The molecule has 0 spiro atoms. The van der Waals surface area contributed by atoms with Crippen LogP contribution in [-0.4, -0.2) is 35.1 Å². The number of aromatic nitrogens is 1. The highest BCUT2D eigenvalue weighted by Gasteiger charge is 2.16. The maximum atomic E-state index is 13.5. The van der Waals surface area contributed by atoms with Crippen LogP contribution in [0.1, 0.15) is 22.8 Å². The molecule has 0 saturated heterocycles. The highest BCUT2D eigenvalue weighted by molar-refractivity contribution is 8.00. The van der Waals surface area contributed by atoms with Gasteiger partial charge in [-0.1, -0.05) is 66.2 Å². The number of nitrogens with one attached hydrogen (secondary N) is 3. The molecule has 3 N–H and O–H groups in total. The Morgan fingerprint density at radius 3 is 2.43 bits per heavy atom. The van der Waals surface area contributed by atoms with Crippen molar-refractivity contribution in [1.29, 1.82) is 0 Å². The number of anilines is 2. The van der Waals surface area contributed by atoms with Crippen LogP contribution in [-0.2, 0) is 9.59 Å². The molecule has 11 heteroatoms. The number of hydrogen-bond acceptors (Lipinski definition) is 7. The number of thiazole rings is 1. The van der Waals surface area contributed by atoms with Crippen molar-refractivity contribution in [2.24, 2.45) is 0 Å². The van der Waals surface area contributed by atoms with E-state index in [1.807, 2.05) is 42.6 Å². The summed E-state index contributed by atoms with van der Waals surface area (Å²) in [6.45, 7) is 2.44. The molecule has 0 aliphatic rings. The van der Waals surface area contributed by atoms with Crippen molar-refractivity contribution in [1.82, 2.24) is 10.3 Å². The third-order valence-corrected chi connectivity index (χ3v) is 8.47. The number of carbonyl (C=O) groups is 3. The van der Waals surface area contributed by atoms with Crippen LogP contribution in [0.4, 0.5) is 10.8 Å². The Balaban J connectivity index is 1.23. The van der Waals surface area contributed by atoms with Crippen LogP contribution >= 0.6 is 34.7 Å². The smallest absolute Gasteiger partial charge is 0.272 e. The first-order chi connectivity index (χ1) is 22.4. The minimum absolute atomic E-state index is 0.0649. The van der Waals surface area contributed by atoms with Crippen LogP contribution in [0, 0.1) is 0 Å². The van der Waals surface area contributed by atoms with Crippen molar-refractivity contribution in [3.05, 3.63) is 130 Å². The average molecular weight is 669 g/mol. The Morgan fingerprint density at radius 1 is 0.913 bits per heavy atom. The molecule has 1 aromatic heterocycles. The third kappa shape index (κ3) is 9.07. The second-order valence-electron chi connectivity index (χ2n) is 9.72. The van der Waals surface area contributed by atoms with Crippen LogP contribution < -0.4 is 20.7 Å². The Bertz CT molecular complexity index is 1860. The zero-order valence-corrected chi connectivity index (χ0v) is 27.0. The summed E-state index contributed by atoms with van der Waals surface area (Å²) in [6, 6.07) is 30.4. The fourth-order valence-electron chi connectivity index (χ4n) is 4.23. The first kappa shape index (κ1) is 32.5. The molecule has 0 fully saturated rings. The molecule has 0 bridgehead atoms. The minimum atomic E-state index is -0.504. The summed E-state index contributed by atoms with van der Waals surface area (Å²) in [4.78, 5) is 44.4. The van der Waals surface area contributed by atoms with E-state index in [9.17, 15) is 14.4 Å². The molecular weight excluding hydrogens is 640 g/mol. The maximum absolute atomic E-state index is 13.5. The lowest BCUT2D eigenvalue weighted by Crippen LogP contribution is -2.30. The SMILES string of the molecule is CCOc1ccc(/C=C(/NC(=O)c2ccccc2)C(=O)Nc2cccc(SCC(=O)Nc3nc(-c4ccccc4Cl)cs3)c2)cc1. The predicted octanol–water partition coefficient (Wildman–Crippen LogP) is 8.00. The molecule has 0 unspecified atom stereocenters. The Hall–Kier alpha value is -4.90. The van der Waals surface area contributed by atoms with E-state index in [0.717, 1.165) is 10.5 Å². The Kier molecular flexibility index (Phi) is 11.2. The molecule has 0 aliphatic heterocycles. The molecule has 1 heterocycles. The summed E-state index contributed by atoms with van der Waals surface area (Å²) in [5, 5.41) is 11.3. The van der Waals surface area contributed by atoms with Gasteiger partial charge in [-0.2, -0.15) is 0 Å². The lowest BCUT2D eigenvalue weighted by atomic mass is 10.1. The Morgan fingerprint density at radius 2 is 1.67 bits per heavy atom. The molecule has 0 saturated carbocycles. The van der Waals surface area contributed by atoms with E-state index >= 15 is 0 Å². The summed E-state index contributed by atoms with van der Waals surface area (Å²) < 4.78 is 5.51. The highest BCUT2D eigenvalue weighted by atomic mass is 35.5. The number of rotatable bonds is 12. The van der Waals surface area contributed by atoms with Gasteiger partial charge in [0.25, 0.3) is 11.8 Å². The molecule has 0 radical (unpaired) electrons. The Labute approximate surface area is 279 Å². The molecular formula is C35H29ClN4O4S2. The van der Waals surface area contributed by atoms with E-state index in [2.05, 4.69) is 20.9 Å². The molecule has 8 nitrogen and oxygen atoms in total. The van der Waals surface area contributed by atoms with Crippen molar-refractivity contribution < 1.29 is 19.1 Å². The van der Waals surface area contributed by atoms with Crippen LogP contribution in [0.25, 0.3) is 17.3 Å². The highest BCUT2D eigenvalue weighted by Crippen LogP contribution is 2.30.